The third kappa shape index (κ3) is 4.59. The Labute approximate surface area is 195 Å². The number of anilines is 1. The van der Waals surface area contributed by atoms with Crippen LogP contribution in [0.4, 0.5) is 5.95 Å². The summed E-state index contributed by atoms with van der Waals surface area (Å²) in [7, 11) is -8.84. The van der Waals surface area contributed by atoms with Crippen molar-refractivity contribution in [3.05, 3.63) is 48.2 Å². The SMILES string of the molecule is NCCNS(=O)(=O)c1ccc(-c2cccc(-c3cnc(N)[nH]3)c2)c(C2=NCN=N2)c1S(N)(=O)=O. The Bertz CT molecular complexity index is 1530. The molecule has 0 aliphatic carbocycles. The average molecular weight is 504 g/mol. The molecule has 1 aliphatic heterocycles. The predicted octanol–water partition coefficient (Wildman–Crippen LogP) is 0.380. The van der Waals surface area contributed by atoms with E-state index in [0.29, 0.717) is 22.4 Å². The van der Waals surface area contributed by atoms with Crippen LogP contribution in [-0.2, 0) is 20.0 Å². The highest BCUT2D eigenvalue weighted by atomic mass is 32.2. The van der Waals surface area contributed by atoms with Gasteiger partial charge in [-0.25, -0.2) is 36.7 Å². The fraction of sp³-hybridized carbons (Fsp3) is 0.158. The number of nitrogens with two attached hydrogens (primary N) is 3. The quantitative estimate of drug-likeness (QED) is 0.290. The van der Waals surface area contributed by atoms with Gasteiger partial charge < -0.3 is 16.5 Å². The molecule has 4 rings (SSSR count). The molecule has 8 N–H and O–H groups in total. The van der Waals surface area contributed by atoms with Gasteiger partial charge in [-0.2, -0.15) is 5.11 Å². The molecule has 2 heterocycles. The van der Waals surface area contributed by atoms with Gasteiger partial charge in [0.25, 0.3) is 0 Å². The summed E-state index contributed by atoms with van der Waals surface area (Å²) in [5, 5.41) is 13.2. The van der Waals surface area contributed by atoms with Crippen molar-refractivity contribution >= 4 is 31.8 Å². The van der Waals surface area contributed by atoms with Crippen LogP contribution < -0.4 is 21.3 Å². The Balaban J connectivity index is 2.01. The van der Waals surface area contributed by atoms with Crippen molar-refractivity contribution in [1.82, 2.24) is 14.7 Å². The minimum atomic E-state index is -4.56. The molecule has 2 aromatic carbocycles. The summed E-state index contributed by atoms with van der Waals surface area (Å²) in [6.07, 6.45) is 1.55. The second kappa shape index (κ2) is 9.03. The van der Waals surface area contributed by atoms with Crippen LogP contribution in [0.1, 0.15) is 5.56 Å². The lowest BCUT2D eigenvalue weighted by Crippen LogP contribution is -2.31. The first-order valence-corrected chi connectivity index (χ1v) is 12.9. The summed E-state index contributed by atoms with van der Waals surface area (Å²) in [6, 6.07) is 9.67. The van der Waals surface area contributed by atoms with Crippen LogP contribution in [0, 0.1) is 0 Å². The van der Waals surface area contributed by atoms with Gasteiger partial charge in [-0.3, -0.25) is 0 Å². The predicted molar refractivity (Wildman–Crippen MR) is 126 cm³/mol. The number of amidine groups is 1. The number of hydrogen-bond acceptors (Lipinski definition) is 10. The van der Waals surface area contributed by atoms with Gasteiger partial charge in [0.15, 0.2) is 18.5 Å². The zero-order valence-electron chi connectivity index (χ0n) is 17.6. The molecule has 0 saturated carbocycles. The first-order chi connectivity index (χ1) is 16.1. The highest BCUT2D eigenvalue weighted by Crippen LogP contribution is 2.36. The number of nitrogen functional groups attached to an aromatic ring is 1. The number of primary sulfonamides is 1. The van der Waals surface area contributed by atoms with E-state index in [1.807, 2.05) is 0 Å². The maximum Gasteiger partial charge on any atom is 0.241 e. The molecule has 3 aromatic rings. The van der Waals surface area contributed by atoms with Gasteiger partial charge in [-0.1, -0.05) is 24.3 Å². The standard InChI is InChI=1S/C19H21N9O4S2/c20-6-7-26-34(31,32)15-5-4-13(16(17(15)33(22,29)30)18-24-10-25-28-18)11-2-1-3-12(8-11)14-9-23-19(21)27-14/h1-5,8-9,26H,6-7,10,20H2,(H3,21,23,27)(H2,22,29,30). The molecule has 34 heavy (non-hydrogen) atoms. The van der Waals surface area contributed by atoms with Crippen LogP contribution in [0.3, 0.4) is 0 Å². The number of aromatic nitrogens is 2. The van der Waals surface area contributed by atoms with E-state index in [9.17, 15) is 16.8 Å². The van der Waals surface area contributed by atoms with E-state index in [1.54, 1.807) is 30.5 Å². The van der Waals surface area contributed by atoms with E-state index in [1.165, 1.54) is 12.1 Å². The monoisotopic (exact) mass is 503 g/mol. The third-order valence-corrected chi connectivity index (χ3v) is 7.51. The molecule has 15 heteroatoms. The number of H-pyrrole nitrogens is 1. The van der Waals surface area contributed by atoms with Crippen LogP contribution in [0.5, 0.6) is 0 Å². The van der Waals surface area contributed by atoms with E-state index in [0.717, 1.165) is 0 Å². The van der Waals surface area contributed by atoms with Gasteiger partial charge in [-0.15, -0.1) is 5.11 Å². The van der Waals surface area contributed by atoms with E-state index >= 15 is 0 Å². The number of azo groups is 1. The molecule has 0 atom stereocenters. The number of nitrogens with zero attached hydrogens (tertiary/aromatic N) is 4. The summed E-state index contributed by atoms with van der Waals surface area (Å²) in [4.78, 5) is 9.86. The van der Waals surface area contributed by atoms with Crippen LogP contribution >= 0.6 is 0 Å². The summed E-state index contributed by atoms with van der Waals surface area (Å²) < 4.78 is 53.5. The van der Waals surface area contributed by atoms with Crippen molar-refractivity contribution in [1.29, 1.82) is 0 Å². The van der Waals surface area contributed by atoms with Gasteiger partial charge in [0, 0.05) is 18.7 Å². The van der Waals surface area contributed by atoms with Crippen molar-refractivity contribution in [2.45, 2.75) is 9.79 Å². The fourth-order valence-corrected chi connectivity index (χ4v) is 6.13. The van der Waals surface area contributed by atoms with Gasteiger partial charge in [0.1, 0.15) is 9.79 Å². The minimum absolute atomic E-state index is 0.0146. The van der Waals surface area contributed by atoms with Crippen molar-refractivity contribution in [3.63, 3.8) is 0 Å². The molecule has 1 aliphatic rings. The lowest BCUT2D eigenvalue weighted by molar-refractivity contribution is 0.573. The number of aliphatic imine (C=N–C) groups is 1. The van der Waals surface area contributed by atoms with E-state index < -0.39 is 29.8 Å². The Morgan fingerprint density at radius 3 is 2.47 bits per heavy atom. The third-order valence-electron chi connectivity index (χ3n) is 4.88. The molecule has 13 nitrogen and oxygen atoms in total. The number of rotatable bonds is 8. The lowest BCUT2D eigenvalue weighted by Gasteiger charge is -2.17. The fourth-order valence-electron chi connectivity index (χ4n) is 3.49. The van der Waals surface area contributed by atoms with E-state index in [-0.39, 0.29) is 37.1 Å². The molecule has 0 saturated heterocycles. The van der Waals surface area contributed by atoms with Gasteiger partial charge in [0.05, 0.1) is 17.5 Å². The number of nitrogens with one attached hydrogen (secondary N) is 2. The largest absolute Gasteiger partial charge is 0.369 e. The summed E-state index contributed by atoms with van der Waals surface area (Å²) >= 11 is 0. The van der Waals surface area contributed by atoms with Gasteiger partial charge >= 0.3 is 0 Å². The average Bonchev–Trinajstić information content (AvgIpc) is 3.48. The van der Waals surface area contributed by atoms with Crippen LogP contribution in [0.25, 0.3) is 22.4 Å². The summed E-state index contributed by atoms with van der Waals surface area (Å²) in [5.41, 5.74) is 13.2. The number of aromatic amines is 1. The Kier molecular flexibility index (Phi) is 6.28. The molecular weight excluding hydrogens is 482 g/mol. The maximum absolute atomic E-state index is 12.9. The number of imidazole rings is 1. The summed E-state index contributed by atoms with van der Waals surface area (Å²) in [5.74, 6) is 0.184. The van der Waals surface area contributed by atoms with Gasteiger partial charge in [-0.05, 0) is 23.3 Å². The lowest BCUT2D eigenvalue weighted by atomic mass is 9.96. The zero-order chi connectivity index (χ0) is 24.5. The number of sulfonamides is 2. The van der Waals surface area contributed by atoms with Crippen LogP contribution in [0.2, 0.25) is 0 Å². The van der Waals surface area contributed by atoms with Crippen molar-refractivity contribution in [2.75, 3.05) is 25.5 Å². The number of benzene rings is 2. The van der Waals surface area contributed by atoms with Crippen molar-refractivity contribution < 1.29 is 16.8 Å². The number of hydrogen-bond donors (Lipinski definition) is 5. The molecule has 0 spiro atoms. The summed E-state index contributed by atoms with van der Waals surface area (Å²) in [6.45, 7) is -0.116. The first kappa shape index (κ1) is 23.7. The highest BCUT2D eigenvalue weighted by molar-refractivity contribution is 7.92. The van der Waals surface area contributed by atoms with Crippen LogP contribution in [-0.4, -0.2) is 52.4 Å². The van der Waals surface area contributed by atoms with E-state index in [2.05, 4.69) is 29.9 Å². The molecule has 0 radical (unpaired) electrons. The zero-order valence-corrected chi connectivity index (χ0v) is 19.3. The Hall–Kier alpha value is -3.50. The topological polar surface area (TPSA) is 224 Å². The molecular formula is C19H21N9O4S2. The smallest absolute Gasteiger partial charge is 0.241 e. The highest BCUT2D eigenvalue weighted by Gasteiger charge is 2.32. The second-order valence-corrected chi connectivity index (χ2v) is 10.4. The van der Waals surface area contributed by atoms with Crippen LogP contribution in [0.15, 0.2) is 67.6 Å². The molecule has 0 unspecified atom stereocenters. The van der Waals surface area contributed by atoms with E-state index in [4.69, 9.17) is 16.6 Å². The molecule has 0 amide bonds. The Morgan fingerprint density at radius 1 is 1.09 bits per heavy atom. The molecule has 1 aromatic heterocycles. The molecule has 0 fully saturated rings. The molecule has 178 valence electrons. The van der Waals surface area contributed by atoms with Crippen molar-refractivity contribution in [2.24, 2.45) is 26.1 Å². The first-order valence-electron chi connectivity index (χ1n) is 9.85. The minimum Gasteiger partial charge on any atom is -0.369 e. The van der Waals surface area contributed by atoms with Gasteiger partial charge in [0.2, 0.25) is 20.0 Å². The Morgan fingerprint density at radius 2 is 1.85 bits per heavy atom. The maximum atomic E-state index is 12.9. The normalized spacial score (nSPS) is 13.9. The second-order valence-electron chi connectivity index (χ2n) is 7.17. The van der Waals surface area contributed by atoms with Crippen molar-refractivity contribution in [3.8, 4) is 22.4 Å². The molecule has 0 bridgehead atoms.